The SMILES string of the molecule is COc1cc(CN)ccc1[C@H]1CNC(=O)C1. The van der Waals surface area contributed by atoms with Gasteiger partial charge in [0.2, 0.25) is 5.91 Å². The molecule has 1 aromatic carbocycles. The van der Waals surface area contributed by atoms with E-state index in [-0.39, 0.29) is 11.8 Å². The van der Waals surface area contributed by atoms with Crippen LogP contribution >= 0.6 is 0 Å². The molecule has 0 unspecified atom stereocenters. The molecule has 4 nitrogen and oxygen atoms in total. The third-order valence-electron chi connectivity index (χ3n) is 2.95. The lowest BCUT2D eigenvalue weighted by Crippen LogP contribution is -2.13. The summed E-state index contributed by atoms with van der Waals surface area (Å²) in [5, 5.41) is 2.83. The van der Waals surface area contributed by atoms with E-state index >= 15 is 0 Å². The zero-order chi connectivity index (χ0) is 11.5. The Morgan fingerprint density at radius 3 is 2.94 bits per heavy atom. The molecule has 1 atom stereocenters. The van der Waals surface area contributed by atoms with Gasteiger partial charge >= 0.3 is 0 Å². The van der Waals surface area contributed by atoms with Crippen LogP contribution in [0.2, 0.25) is 0 Å². The summed E-state index contributed by atoms with van der Waals surface area (Å²) < 4.78 is 5.34. The molecule has 3 N–H and O–H groups in total. The fourth-order valence-corrected chi connectivity index (χ4v) is 2.04. The average molecular weight is 220 g/mol. The number of nitrogens with two attached hydrogens (primary N) is 1. The van der Waals surface area contributed by atoms with E-state index in [1.54, 1.807) is 7.11 Å². The van der Waals surface area contributed by atoms with Gasteiger partial charge in [0.1, 0.15) is 5.75 Å². The van der Waals surface area contributed by atoms with Crippen molar-refractivity contribution in [2.24, 2.45) is 5.73 Å². The summed E-state index contributed by atoms with van der Waals surface area (Å²) in [7, 11) is 1.64. The van der Waals surface area contributed by atoms with E-state index in [1.807, 2.05) is 18.2 Å². The van der Waals surface area contributed by atoms with Gasteiger partial charge in [-0.15, -0.1) is 0 Å². The standard InChI is InChI=1S/C12H16N2O2/c1-16-11-4-8(6-13)2-3-10(11)9-5-12(15)14-7-9/h2-4,9H,5-7,13H2,1H3,(H,14,15)/t9-/m1/s1. The predicted octanol–water partition coefficient (Wildman–Crippen LogP) is 0.757. The van der Waals surface area contributed by atoms with Crippen LogP contribution in [-0.2, 0) is 11.3 Å². The van der Waals surface area contributed by atoms with E-state index in [9.17, 15) is 4.79 Å². The average Bonchev–Trinajstić information content (AvgIpc) is 2.74. The summed E-state index contributed by atoms with van der Waals surface area (Å²) >= 11 is 0. The van der Waals surface area contributed by atoms with Gasteiger partial charge in [0.15, 0.2) is 0 Å². The number of hydrogen-bond donors (Lipinski definition) is 2. The van der Waals surface area contributed by atoms with Crippen LogP contribution in [0.25, 0.3) is 0 Å². The van der Waals surface area contributed by atoms with Crippen LogP contribution in [0, 0.1) is 0 Å². The van der Waals surface area contributed by atoms with Crippen molar-refractivity contribution in [3.63, 3.8) is 0 Å². The Labute approximate surface area is 94.8 Å². The highest BCUT2D eigenvalue weighted by molar-refractivity contribution is 5.79. The first kappa shape index (κ1) is 11.0. The van der Waals surface area contributed by atoms with E-state index < -0.39 is 0 Å². The van der Waals surface area contributed by atoms with Crippen molar-refractivity contribution in [1.82, 2.24) is 5.32 Å². The van der Waals surface area contributed by atoms with E-state index in [2.05, 4.69) is 5.32 Å². The number of carbonyl (C=O) groups excluding carboxylic acids is 1. The summed E-state index contributed by atoms with van der Waals surface area (Å²) in [6.45, 7) is 1.19. The van der Waals surface area contributed by atoms with Gasteiger partial charge in [-0.2, -0.15) is 0 Å². The van der Waals surface area contributed by atoms with Crippen LogP contribution in [0.4, 0.5) is 0 Å². The van der Waals surface area contributed by atoms with Gasteiger partial charge in [-0.05, 0) is 17.2 Å². The number of hydrogen-bond acceptors (Lipinski definition) is 3. The molecule has 1 aromatic rings. The smallest absolute Gasteiger partial charge is 0.220 e. The molecule has 0 aliphatic carbocycles. The zero-order valence-corrected chi connectivity index (χ0v) is 9.32. The van der Waals surface area contributed by atoms with Gasteiger partial charge in [0.25, 0.3) is 0 Å². The third kappa shape index (κ3) is 2.02. The number of benzene rings is 1. The Morgan fingerprint density at radius 1 is 1.56 bits per heavy atom. The van der Waals surface area contributed by atoms with Gasteiger partial charge in [-0.25, -0.2) is 0 Å². The van der Waals surface area contributed by atoms with E-state index in [4.69, 9.17) is 10.5 Å². The van der Waals surface area contributed by atoms with Crippen molar-refractivity contribution in [3.8, 4) is 5.75 Å². The van der Waals surface area contributed by atoms with E-state index in [0.29, 0.717) is 19.5 Å². The van der Waals surface area contributed by atoms with Gasteiger partial charge in [-0.1, -0.05) is 12.1 Å². The summed E-state index contributed by atoms with van der Waals surface area (Å²) in [5.41, 5.74) is 7.70. The molecule has 1 aliphatic heterocycles. The summed E-state index contributed by atoms with van der Waals surface area (Å²) in [4.78, 5) is 11.2. The lowest BCUT2D eigenvalue weighted by atomic mass is 9.96. The molecule has 16 heavy (non-hydrogen) atoms. The molecular weight excluding hydrogens is 204 g/mol. The monoisotopic (exact) mass is 220 g/mol. The quantitative estimate of drug-likeness (QED) is 0.790. The second kappa shape index (κ2) is 4.53. The van der Waals surface area contributed by atoms with Gasteiger partial charge in [0.05, 0.1) is 7.11 Å². The largest absolute Gasteiger partial charge is 0.496 e. The molecule has 1 amide bonds. The normalized spacial score (nSPS) is 19.6. The maximum atomic E-state index is 11.2. The summed E-state index contributed by atoms with van der Waals surface area (Å²) in [6, 6.07) is 5.94. The van der Waals surface area contributed by atoms with Crippen LogP contribution in [-0.4, -0.2) is 19.6 Å². The molecule has 0 aromatic heterocycles. The second-order valence-electron chi connectivity index (χ2n) is 3.99. The van der Waals surface area contributed by atoms with Crippen LogP contribution in [0.15, 0.2) is 18.2 Å². The lowest BCUT2D eigenvalue weighted by molar-refractivity contribution is -0.119. The van der Waals surface area contributed by atoms with Crippen molar-refractivity contribution < 1.29 is 9.53 Å². The first-order valence-electron chi connectivity index (χ1n) is 5.38. The fraction of sp³-hybridized carbons (Fsp3) is 0.417. The van der Waals surface area contributed by atoms with Crippen molar-refractivity contribution in [3.05, 3.63) is 29.3 Å². The molecule has 4 heteroatoms. The Balaban J connectivity index is 2.29. The zero-order valence-electron chi connectivity index (χ0n) is 9.32. The van der Waals surface area contributed by atoms with E-state index in [1.165, 1.54) is 0 Å². The number of nitrogens with one attached hydrogen (secondary N) is 1. The first-order valence-corrected chi connectivity index (χ1v) is 5.38. The summed E-state index contributed by atoms with van der Waals surface area (Å²) in [6.07, 6.45) is 0.540. The van der Waals surface area contributed by atoms with Crippen molar-refractivity contribution >= 4 is 5.91 Å². The van der Waals surface area contributed by atoms with Crippen LogP contribution in [0.3, 0.4) is 0 Å². The highest BCUT2D eigenvalue weighted by Crippen LogP contribution is 2.31. The van der Waals surface area contributed by atoms with E-state index in [0.717, 1.165) is 16.9 Å². The van der Waals surface area contributed by atoms with Gasteiger partial charge in [-0.3, -0.25) is 4.79 Å². The lowest BCUT2D eigenvalue weighted by Gasteiger charge is -2.14. The topological polar surface area (TPSA) is 64.3 Å². The molecule has 2 rings (SSSR count). The minimum absolute atomic E-state index is 0.106. The third-order valence-corrected chi connectivity index (χ3v) is 2.95. The van der Waals surface area contributed by atoms with Crippen molar-refractivity contribution in [1.29, 1.82) is 0 Å². The maximum Gasteiger partial charge on any atom is 0.220 e. The molecule has 0 radical (unpaired) electrons. The Hall–Kier alpha value is -1.55. The van der Waals surface area contributed by atoms with Crippen molar-refractivity contribution in [2.45, 2.75) is 18.9 Å². The molecule has 86 valence electrons. The van der Waals surface area contributed by atoms with Crippen LogP contribution in [0.5, 0.6) is 5.75 Å². The Morgan fingerprint density at radius 2 is 2.38 bits per heavy atom. The summed E-state index contributed by atoms with van der Waals surface area (Å²) in [5.74, 6) is 1.15. The highest BCUT2D eigenvalue weighted by Gasteiger charge is 2.25. The first-order chi connectivity index (χ1) is 7.74. The number of amides is 1. The maximum absolute atomic E-state index is 11.2. The van der Waals surface area contributed by atoms with Gasteiger partial charge < -0.3 is 15.8 Å². The van der Waals surface area contributed by atoms with Crippen LogP contribution in [0.1, 0.15) is 23.5 Å². The number of rotatable bonds is 3. The molecule has 1 heterocycles. The predicted molar refractivity (Wildman–Crippen MR) is 61.3 cm³/mol. The molecule has 1 saturated heterocycles. The van der Waals surface area contributed by atoms with Gasteiger partial charge in [0, 0.05) is 25.4 Å². The molecule has 1 aliphatic rings. The molecular formula is C12H16N2O2. The molecule has 1 fully saturated rings. The minimum atomic E-state index is 0.106. The molecule has 0 saturated carbocycles. The highest BCUT2D eigenvalue weighted by atomic mass is 16.5. The van der Waals surface area contributed by atoms with Crippen LogP contribution < -0.4 is 15.8 Å². The molecule has 0 bridgehead atoms. The second-order valence-corrected chi connectivity index (χ2v) is 3.99. The number of carbonyl (C=O) groups is 1. The molecule has 0 spiro atoms. The number of methoxy groups -OCH3 is 1. The Kier molecular flexibility index (Phi) is 3.10. The Bertz CT molecular complexity index is 404. The fourth-order valence-electron chi connectivity index (χ4n) is 2.04. The van der Waals surface area contributed by atoms with Crippen molar-refractivity contribution in [2.75, 3.05) is 13.7 Å². The number of ether oxygens (including phenoxy) is 1. The minimum Gasteiger partial charge on any atom is -0.496 e.